The van der Waals surface area contributed by atoms with Crippen LogP contribution in [0.2, 0.25) is 0 Å². The van der Waals surface area contributed by atoms with E-state index in [1.165, 1.54) is 0 Å². The van der Waals surface area contributed by atoms with Crippen molar-refractivity contribution >= 4 is 21.8 Å². The van der Waals surface area contributed by atoms with Crippen molar-refractivity contribution in [2.75, 3.05) is 19.3 Å². The van der Waals surface area contributed by atoms with Gasteiger partial charge in [-0.25, -0.2) is 8.42 Å². The number of nitrogens with zero attached hydrogens (tertiary/aromatic N) is 1. The third-order valence-electron chi connectivity index (χ3n) is 3.84. The van der Waals surface area contributed by atoms with Crippen molar-refractivity contribution in [1.29, 1.82) is 0 Å². The molecule has 1 saturated heterocycles. The molecule has 112 valence electrons. The summed E-state index contributed by atoms with van der Waals surface area (Å²) in [5.74, 6) is 0.252. The Labute approximate surface area is 125 Å². The van der Waals surface area contributed by atoms with Gasteiger partial charge in [0, 0.05) is 24.0 Å². The van der Waals surface area contributed by atoms with Crippen LogP contribution in [0.5, 0.6) is 0 Å². The molecule has 0 radical (unpaired) electrons. The average Bonchev–Trinajstić information content (AvgIpc) is 2.47. The molecule has 4 nitrogen and oxygen atoms in total. The van der Waals surface area contributed by atoms with Crippen LogP contribution < -0.4 is 5.73 Å². The second-order valence-corrected chi connectivity index (χ2v) is 8.12. The maximum Gasteiger partial charge on any atom is 0.243 e. The van der Waals surface area contributed by atoms with Gasteiger partial charge >= 0.3 is 0 Å². The van der Waals surface area contributed by atoms with Crippen LogP contribution in [0.3, 0.4) is 0 Å². The maximum absolute atomic E-state index is 12.7. The lowest BCUT2D eigenvalue weighted by Gasteiger charge is -2.33. The smallest absolute Gasteiger partial charge is 0.243 e. The van der Waals surface area contributed by atoms with Gasteiger partial charge in [-0.2, -0.15) is 4.31 Å². The Hall–Kier alpha value is -0.560. The van der Waals surface area contributed by atoms with Gasteiger partial charge in [-0.05, 0) is 50.1 Å². The summed E-state index contributed by atoms with van der Waals surface area (Å²) in [6.07, 6.45) is 3.83. The van der Waals surface area contributed by atoms with E-state index >= 15 is 0 Å². The van der Waals surface area contributed by atoms with Crippen LogP contribution in [0.1, 0.15) is 19.8 Å². The predicted molar refractivity (Wildman–Crippen MR) is 83.4 cm³/mol. The zero-order chi connectivity index (χ0) is 14.8. The van der Waals surface area contributed by atoms with E-state index in [2.05, 4.69) is 0 Å². The minimum atomic E-state index is -3.40. The number of thioether (sulfide) groups is 1. The van der Waals surface area contributed by atoms with Crippen LogP contribution in [0.25, 0.3) is 0 Å². The number of piperidine rings is 1. The molecule has 0 saturated carbocycles. The Morgan fingerprint density at radius 2 is 2.20 bits per heavy atom. The fourth-order valence-corrected chi connectivity index (χ4v) is 4.65. The minimum Gasteiger partial charge on any atom is -0.328 e. The van der Waals surface area contributed by atoms with Gasteiger partial charge in [0.05, 0.1) is 4.90 Å². The van der Waals surface area contributed by atoms with Crippen LogP contribution >= 0.6 is 11.8 Å². The number of sulfonamides is 1. The molecule has 1 aromatic carbocycles. The van der Waals surface area contributed by atoms with Gasteiger partial charge in [0.25, 0.3) is 0 Å². The highest BCUT2D eigenvalue weighted by atomic mass is 32.2. The van der Waals surface area contributed by atoms with Crippen molar-refractivity contribution < 1.29 is 8.42 Å². The van der Waals surface area contributed by atoms with Gasteiger partial charge in [0.15, 0.2) is 0 Å². The fourth-order valence-electron chi connectivity index (χ4n) is 2.53. The van der Waals surface area contributed by atoms with Crippen LogP contribution in [0.15, 0.2) is 34.1 Å². The molecular weight excluding hydrogens is 292 g/mol. The average molecular weight is 314 g/mol. The van der Waals surface area contributed by atoms with Crippen LogP contribution in [-0.2, 0) is 10.0 Å². The Morgan fingerprint density at radius 1 is 1.45 bits per heavy atom. The number of hydrogen-bond acceptors (Lipinski definition) is 4. The molecule has 0 aromatic heterocycles. The molecule has 0 aliphatic carbocycles. The van der Waals surface area contributed by atoms with Gasteiger partial charge in [-0.15, -0.1) is 11.8 Å². The molecule has 2 N–H and O–H groups in total. The lowest BCUT2D eigenvalue weighted by Crippen LogP contribution is -2.44. The van der Waals surface area contributed by atoms with E-state index in [1.54, 1.807) is 34.3 Å². The SMILES string of the molecule is CSc1cccc(S(=O)(=O)N2CCCC(C(C)N)C2)c1. The highest BCUT2D eigenvalue weighted by Crippen LogP contribution is 2.26. The van der Waals surface area contributed by atoms with Crippen LogP contribution in [0.4, 0.5) is 0 Å². The first kappa shape index (κ1) is 15.8. The van der Waals surface area contributed by atoms with Crippen molar-refractivity contribution in [3.05, 3.63) is 24.3 Å². The van der Waals surface area contributed by atoms with Crippen LogP contribution in [0, 0.1) is 5.92 Å². The zero-order valence-electron chi connectivity index (χ0n) is 12.0. The van der Waals surface area contributed by atoms with Crippen molar-refractivity contribution in [1.82, 2.24) is 4.31 Å². The highest BCUT2D eigenvalue weighted by molar-refractivity contribution is 7.98. The number of rotatable bonds is 4. The van der Waals surface area contributed by atoms with Crippen molar-refractivity contribution in [3.63, 3.8) is 0 Å². The Bertz CT molecular complexity index is 558. The lowest BCUT2D eigenvalue weighted by molar-refractivity contribution is 0.243. The van der Waals surface area contributed by atoms with Crippen LogP contribution in [-0.4, -0.2) is 38.1 Å². The molecule has 2 unspecified atom stereocenters. The number of hydrogen-bond donors (Lipinski definition) is 1. The molecule has 1 aromatic rings. The maximum atomic E-state index is 12.7. The quantitative estimate of drug-likeness (QED) is 0.865. The van der Waals surface area contributed by atoms with E-state index in [9.17, 15) is 8.42 Å². The van der Waals surface area contributed by atoms with E-state index < -0.39 is 10.0 Å². The third kappa shape index (κ3) is 3.36. The van der Waals surface area contributed by atoms with Gasteiger partial charge < -0.3 is 5.73 Å². The lowest BCUT2D eigenvalue weighted by atomic mass is 9.93. The summed E-state index contributed by atoms with van der Waals surface area (Å²) in [5.41, 5.74) is 5.93. The van der Waals surface area contributed by atoms with E-state index in [1.807, 2.05) is 19.2 Å². The second-order valence-electron chi connectivity index (χ2n) is 5.30. The third-order valence-corrected chi connectivity index (χ3v) is 6.43. The van der Waals surface area contributed by atoms with Crippen molar-refractivity contribution in [2.24, 2.45) is 11.7 Å². The summed E-state index contributed by atoms with van der Waals surface area (Å²) in [4.78, 5) is 1.35. The van der Waals surface area contributed by atoms with E-state index in [-0.39, 0.29) is 12.0 Å². The Morgan fingerprint density at radius 3 is 2.85 bits per heavy atom. The molecule has 2 atom stereocenters. The van der Waals surface area contributed by atoms with Gasteiger partial charge in [-0.3, -0.25) is 0 Å². The monoisotopic (exact) mass is 314 g/mol. The Kier molecular flexibility index (Phi) is 5.12. The number of benzene rings is 1. The molecule has 0 amide bonds. The Balaban J connectivity index is 2.25. The summed E-state index contributed by atoms with van der Waals surface area (Å²) < 4.78 is 27.0. The molecule has 20 heavy (non-hydrogen) atoms. The first-order valence-electron chi connectivity index (χ1n) is 6.85. The standard InChI is InChI=1S/C14H22N2O2S2/c1-11(15)12-5-4-8-16(10-12)20(17,18)14-7-3-6-13(9-14)19-2/h3,6-7,9,11-12H,4-5,8,10,15H2,1-2H3. The van der Waals surface area contributed by atoms with E-state index in [4.69, 9.17) is 5.73 Å². The van der Waals surface area contributed by atoms with E-state index in [0.717, 1.165) is 17.7 Å². The topological polar surface area (TPSA) is 63.4 Å². The molecule has 0 spiro atoms. The van der Waals surface area contributed by atoms with Gasteiger partial charge in [-0.1, -0.05) is 6.07 Å². The van der Waals surface area contributed by atoms with E-state index in [0.29, 0.717) is 18.0 Å². The summed E-state index contributed by atoms with van der Waals surface area (Å²) in [6, 6.07) is 7.17. The molecule has 1 heterocycles. The molecular formula is C14H22N2O2S2. The largest absolute Gasteiger partial charge is 0.328 e. The summed E-state index contributed by atoms with van der Waals surface area (Å²) in [7, 11) is -3.40. The summed E-state index contributed by atoms with van der Waals surface area (Å²) in [6.45, 7) is 3.08. The molecule has 1 aliphatic rings. The number of nitrogens with two attached hydrogens (primary N) is 1. The fraction of sp³-hybridized carbons (Fsp3) is 0.571. The molecule has 1 fully saturated rings. The molecule has 0 bridgehead atoms. The first-order valence-corrected chi connectivity index (χ1v) is 9.51. The normalized spacial score (nSPS) is 22.6. The summed E-state index contributed by atoms with van der Waals surface area (Å²) >= 11 is 1.55. The molecule has 6 heteroatoms. The highest BCUT2D eigenvalue weighted by Gasteiger charge is 2.31. The molecule has 1 aliphatic heterocycles. The summed E-state index contributed by atoms with van der Waals surface area (Å²) in [5, 5.41) is 0. The van der Waals surface area contributed by atoms with Gasteiger partial charge in [0.1, 0.15) is 0 Å². The molecule has 2 rings (SSSR count). The zero-order valence-corrected chi connectivity index (χ0v) is 13.6. The minimum absolute atomic E-state index is 0.0329. The van der Waals surface area contributed by atoms with Gasteiger partial charge in [0.2, 0.25) is 10.0 Å². The second kappa shape index (κ2) is 6.47. The van der Waals surface area contributed by atoms with Crippen molar-refractivity contribution in [3.8, 4) is 0 Å². The van der Waals surface area contributed by atoms with Crippen molar-refractivity contribution in [2.45, 2.75) is 35.6 Å². The predicted octanol–water partition coefficient (Wildman–Crippen LogP) is 2.16. The first-order chi connectivity index (χ1) is 9.45.